The monoisotopic (exact) mass is 146 g/mol. The van der Waals surface area contributed by atoms with Gasteiger partial charge in [0.05, 0.1) is 0 Å². The van der Waals surface area contributed by atoms with Crippen molar-refractivity contribution in [1.82, 2.24) is 0 Å². The molecule has 0 aromatic heterocycles. The second kappa shape index (κ2) is 1.32. The lowest BCUT2D eigenvalue weighted by molar-refractivity contribution is 0.279. The van der Waals surface area contributed by atoms with Gasteiger partial charge < -0.3 is 0 Å². The molecule has 0 N–H and O–H groups in total. The molecule has 11 heavy (non-hydrogen) atoms. The van der Waals surface area contributed by atoms with E-state index in [0.717, 1.165) is 29.1 Å². The Morgan fingerprint density at radius 2 is 2.36 bits per heavy atom. The Morgan fingerprint density at radius 1 is 1.36 bits per heavy atom. The molecule has 0 bridgehead atoms. The fourth-order valence-corrected chi connectivity index (χ4v) is 4.58. The number of allylic oxidation sites excluding steroid dienone is 2. The van der Waals surface area contributed by atoms with Gasteiger partial charge in [0, 0.05) is 0 Å². The van der Waals surface area contributed by atoms with E-state index >= 15 is 0 Å². The first-order valence-electron chi connectivity index (χ1n) is 5.11. The lowest BCUT2D eigenvalue weighted by Crippen LogP contribution is -2.19. The van der Waals surface area contributed by atoms with E-state index in [1.165, 1.54) is 12.8 Å². The summed E-state index contributed by atoms with van der Waals surface area (Å²) in [7, 11) is 0. The third-order valence-corrected chi connectivity index (χ3v) is 4.96. The number of fused-ring (bicyclic) bond motifs is 1. The van der Waals surface area contributed by atoms with Crippen LogP contribution in [-0.4, -0.2) is 0 Å². The number of rotatable bonds is 0. The zero-order chi connectivity index (χ0) is 7.05. The lowest BCUT2D eigenvalue weighted by Gasteiger charge is -2.25. The minimum atomic E-state index is 0.773. The molecule has 4 aliphatic rings. The van der Waals surface area contributed by atoms with Crippen LogP contribution in [0.25, 0.3) is 0 Å². The summed E-state index contributed by atoms with van der Waals surface area (Å²) < 4.78 is 0. The summed E-state index contributed by atoms with van der Waals surface area (Å²) in [4.78, 5) is 0. The molecule has 0 heteroatoms. The highest BCUT2D eigenvalue weighted by Gasteiger charge is 2.70. The Hall–Kier alpha value is -0.260. The SMILES string of the molecule is C1=C[C@@]23CCCC2C[C@@H]2C3[C@H]12. The summed E-state index contributed by atoms with van der Waals surface area (Å²) in [6, 6.07) is 0. The Bertz CT molecular complexity index is 253. The summed E-state index contributed by atoms with van der Waals surface area (Å²) in [6.07, 6.45) is 11.3. The standard InChI is InChI=1S/C11H14/c1-2-7-6-9-8-3-5-11(7,4-1)10(8)9/h3,5,7-10H,1-2,4,6H2/t7?,8-,9+,10?,11+/m1/s1. The average molecular weight is 146 g/mol. The van der Waals surface area contributed by atoms with Crippen LogP contribution in [0.3, 0.4) is 0 Å². The average Bonchev–Trinajstić information content (AvgIpc) is 2.39. The highest BCUT2D eigenvalue weighted by Crippen LogP contribution is 2.77. The summed E-state index contributed by atoms with van der Waals surface area (Å²) in [5.41, 5.74) is 0.773. The smallest absolute Gasteiger partial charge is 0.00530 e. The molecule has 0 aliphatic heterocycles. The van der Waals surface area contributed by atoms with Crippen molar-refractivity contribution >= 4 is 0 Å². The van der Waals surface area contributed by atoms with Gasteiger partial charge in [-0.25, -0.2) is 0 Å². The Morgan fingerprint density at radius 3 is 3.36 bits per heavy atom. The van der Waals surface area contributed by atoms with Crippen LogP contribution in [0.5, 0.6) is 0 Å². The highest BCUT2D eigenvalue weighted by atomic mass is 14.7. The van der Waals surface area contributed by atoms with Crippen LogP contribution in [0, 0.1) is 29.1 Å². The van der Waals surface area contributed by atoms with Crippen LogP contribution in [0.4, 0.5) is 0 Å². The summed E-state index contributed by atoms with van der Waals surface area (Å²) in [5, 5.41) is 0. The molecule has 3 fully saturated rings. The van der Waals surface area contributed by atoms with Crippen LogP contribution >= 0.6 is 0 Å². The Balaban J connectivity index is 1.92. The van der Waals surface area contributed by atoms with Crippen molar-refractivity contribution in [1.29, 1.82) is 0 Å². The normalized spacial score (nSPS) is 68.4. The maximum atomic E-state index is 2.60. The predicted octanol–water partition coefficient (Wildman–Crippen LogP) is 2.61. The molecule has 0 radical (unpaired) electrons. The van der Waals surface area contributed by atoms with Gasteiger partial charge in [-0.3, -0.25) is 0 Å². The van der Waals surface area contributed by atoms with E-state index in [-0.39, 0.29) is 0 Å². The molecule has 0 heterocycles. The Labute approximate surface area is 67.7 Å². The first kappa shape index (κ1) is 5.40. The predicted molar refractivity (Wildman–Crippen MR) is 44.0 cm³/mol. The van der Waals surface area contributed by atoms with Crippen molar-refractivity contribution in [2.75, 3.05) is 0 Å². The largest absolute Gasteiger partial charge is 0.0842 e. The fourth-order valence-electron chi connectivity index (χ4n) is 4.58. The molecule has 0 saturated heterocycles. The van der Waals surface area contributed by atoms with Crippen molar-refractivity contribution in [3.8, 4) is 0 Å². The molecule has 2 unspecified atom stereocenters. The van der Waals surface area contributed by atoms with Gasteiger partial charge in [-0.05, 0) is 48.3 Å². The molecule has 5 atom stereocenters. The van der Waals surface area contributed by atoms with Crippen molar-refractivity contribution in [2.45, 2.75) is 25.7 Å². The second-order valence-electron chi connectivity index (χ2n) is 5.06. The van der Waals surface area contributed by atoms with E-state index in [9.17, 15) is 0 Å². The maximum Gasteiger partial charge on any atom is -0.00530 e. The van der Waals surface area contributed by atoms with Gasteiger partial charge in [0.2, 0.25) is 0 Å². The van der Waals surface area contributed by atoms with Gasteiger partial charge in [-0.1, -0.05) is 18.6 Å². The van der Waals surface area contributed by atoms with E-state index in [2.05, 4.69) is 12.2 Å². The maximum absolute atomic E-state index is 2.60. The third-order valence-electron chi connectivity index (χ3n) is 4.96. The molecular formula is C11H14. The molecule has 1 spiro atoms. The summed E-state index contributed by atoms with van der Waals surface area (Å²) >= 11 is 0. The quantitative estimate of drug-likeness (QED) is 0.461. The zero-order valence-electron chi connectivity index (χ0n) is 6.79. The molecule has 4 aliphatic carbocycles. The van der Waals surface area contributed by atoms with Crippen molar-refractivity contribution in [2.24, 2.45) is 29.1 Å². The number of hydrogen-bond acceptors (Lipinski definition) is 0. The van der Waals surface area contributed by atoms with Crippen LogP contribution in [-0.2, 0) is 0 Å². The molecule has 0 amide bonds. The molecule has 3 saturated carbocycles. The second-order valence-corrected chi connectivity index (χ2v) is 5.06. The minimum absolute atomic E-state index is 0.773. The van der Waals surface area contributed by atoms with E-state index in [4.69, 9.17) is 0 Å². The van der Waals surface area contributed by atoms with Gasteiger partial charge >= 0.3 is 0 Å². The number of hydrogen-bond donors (Lipinski definition) is 0. The van der Waals surface area contributed by atoms with Crippen LogP contribution in [0.2, 0.25) is 0 Å². The molecule has 0 nitrogen and oxygen atoms in total. The molecule has 58 valence electrons. The lowest BCUT2D eigenvalue weighted by atomic mass is 9.79. The molecular weight excluding hydrogens is 132 g/mol. The first-order chi connectivity index (χ1) is 5.42. The van der Waals surface area contributed by atoms with Gasteiger partial charge in [-0.15, -0.1) is 0 Å². The van der Waals surface area contributed by atoms with Crippen LogP contribution in [0.1, 0.15) is 25.7 Å². The fraction of sp³-hybridized carbons (Fsp3) is 0.818. The first-order valence-corrected chi connectivity index (χ1v) is 5.11. The van der Waals surface area contributed by atoms with E-state index in [1.807, 2.05) is 0 Å². The van der Waals surface area contributed by atoms with Crippen molar-refractivity contribution in [3.63, 3.8) is 0 Å². The van der Waals surface area contributed by atoms with E-state index < -0.39 is 0 Å². The van der Waals surface area contributed by atoms with Crippen LogP contribution in [0.15, 0.2) is 12.2 Å². The van der Waals surface area contributed by atoms with E-state index in [0.29, 0.717) is 0 Å². The summed E-state index contributed by atoms with van der Waals surface area (Å²) in [6.45, 7) is 0. The highest BCUT2D eigenvalue weighted by molar-refractivity contribution is 5.33. The molecule has 4 rings (SSSR count). The third kappa shape index (κ3) is 0.389. The van der Waals surface area contributed by atoms with Gasteiger partial charge in [0.25, 0.3) is 0 Å². The molecule has 0 aromatic rings. The Kier molecular flexibility index (Phi) is 0.648. The van der Waals surface area contributed by atoms with Gasteiger partial charge in [0.1, 0.15) is 0 Å². The van der Waals surface area contributed by atoms with E-state index in [1.54, 1.807) is 12.8 Å². The minimum Gasteiger partial charge on any atom is -0.0842 e. The molecule has 0 aromatic carbocycles. The van der Waals surface area contributed by atoms with Crippen molar-refractivity contribution < 1.29 is 0 Å². The zero-order valence-corrected chi connectivity index (χ0v) is 6.79. The van der Waals surface area contributed by atoms with Crippen molar-refractivity contribution in [3.05, 3.63) is 12.2 Å². The van der Waals surface area contributed by atoms with Crippen LogP contribution < -0.4 is 0 Å². The van der Waals surface area contributed by atoms with Gasteiger partial charge in [0.15, 0.2) is 0 Å². The van der Waals surface area contributed by atoms with Gasteiger partial charge in [-0.2, -0.15) is 0 Å². The summed E-state index contributed by atoms with van der Waals surface area (Å²) in [5.74, 6) is 4.48. The topological polar surface area (TPSA) is 0 Å².